The van der Waals surface area contributed by atoms with Gasteiger partial charge in [-0.05, 0) is 49.7 Å². The van der Waals surface area contributed by atoms with Gasteiger partial charge in [0.05, 0.1) is 34.8 Å². The van der Waals surface area contributed by atoms with Crippen molar-refractivity contribution < 1.29 is 23.9 Å². The van der Waals surface area contributed by atoms with Gasteiger partial charge in [-0.1, -0.05) is 35.3 Å². The highest BCUT2D eigenvalue weighted by Gasteiger charge is 2.26. The van der Waals surface area contributed by atoms with Crippen LogP contribution in [0.1, 0.15) is 39.0 Å². The van der Waals surface area contributed by atoms with Crippen molar-refractivity contribution in [3.05, 3.63) is 75.0 Å². The van der Waals surface area contributed by atoms with Gasteiger partial charge in [0.2, 0.25) is 5.91 Å². The van der Waals surface area contributed by atoms with E-state index in [1.54, 1.807) is 50.2 Å². The molecule has 12 heteroatoms. The molecule has 182 valence electrons. The lowest BCUT2D eigenvalue weighted by molar-refractivity contribution is -0.129. The number of para-hydroxylation sites is 1. The summed E-state index contributed by atoms with van der Waals surface area (Å²) in [6, 6.07) is 11.3. The maximum absolute atomic E-state index is 13.3. The standard InChI is InChI=1S/C23H21Cl2N5O5/c1-12-9-15(24)11-16(21(32)28-29(14(3)31)23(34)35-4)20(12)26-22(33)19-10-13(2)27-30(19)18-8-6-5-7-17(18)25/h5-11H,1-4H3,(H,26,33)(H,28,32). The summed E-state index contributed by atoms with van der Waals surface area (Å²) in [5, 5.41) is 8.07. The van der Waals surface area contributed by atoms with Gasteiger partial charge in [-0.25, -0.2) is 9.48 Å². The maximum Gasteiger partial charge on any atom is 0.435 e. The minimum Gasteiger partial charge on any atom is -0.451 e. The number of nitrogens with one attached hydrogen (secondary N) is 2. The molecule has 0 saturated carbocycles. The zero-order valence-electron chi connectivity index (χ0n) is 19.2. The topological polar surface area (TPSA) is 123 Å². The molecule has 35 heavy (non-hydrogen) atoms. The van der Waals surface area contributed by atoms with Gasteiger partial charge in [0, 0.05) is 11.9 Å². The summed E-state index contributed by atoms with van der Waals surface area (Å²) in [6.45, 7) is 4.43. The molecule has 0 aliphatic heterocycles. The number of carbonyl (C=O) groups is 4. The maximum atomic E-state index is 13.3. The predicted octanol–water partition coefficient (Wildman–Crippen LogP) is 4.31. The number of rotatable bonds is 4. The number of methoxy groups -OCH3 is 1. The number of nitrogens with zero attached hydrogens (tertiary/aromatic N) is 3. The number of ether oxygens (including phenoxy) is 1. The number of imide groups is 1. The Kier molecular flexibility index (Phi) is 7.78. The lowest BCUT2D eigenvalue weighted by Gasteiger charge is -2.20. The summed E-state index contributed by atoms with van der Waals surface area (Å²) in [5.74, 6) is -2.24. The number of anilines is 1. The van der Waals surface area contributed by atoms with Gasteiger partial charge in [-0.15, -0.1) is 0 Å². The minimum absolute atomic E-state index is 0.0842. The van der Waals surface area contributed by atoms with Crippen LogP contribution in [0, 0.1) is 13.8 Å². The van der Waals surface area contributed by atoms with E-state index < -0.39 is 23.8 Å². The Morgan fingerprint density at radius 3 is 2.34 bits per heavy atom. The van der Waals surface area contributed by atoms with Crippen LogP contribution in [-0.2, 0) is 9.53 Å². The Balaban J connectivity index is 2.00. The normalized spacial score (nSPS) is 10.5. The molecule has 1 aromatic heterocycles. The second-order valence-corrected chi connectivity index (χ2v) is 8.24. The third-order valence-electron chi connectivity index (χ3n) is 4.81. The fraction of sp³-hybridized carbons (Fsp3) is 0.174. The lowest BCUT2D eigenvalue weighted by Crippen LogP contribution is -2.49. The van der Waals surface area contributed by atoms with Gasteiger partial charge < -0.3 is 10.1 Å². The molecule has 3 aromatic rings. The van der Waals surface area contributed by atoms with Crippen LogP contribution in [0.4, 0.5) is 10.5 Å². The van der Waals surface area contributed by atoms with E-state index >= 15 is 0 Å². The summed E-state index contributed by atoms with van der Waals surface area (Å²) < 4.78 is 5.91. The molecule has 0 spiro atoms. The Morgan fingerprint density at radius 2 is 1.71 bits per heavy atom. The average molecular weight is 518 g/mol. The fourth-order valence-electron chi connectivity index (χ4n) is 3.24. The Labute approximate surface area is 210 Å². The van der Waals surface area contributed by atoms with Crippen molar-refractivity contribution in [2.75, 3.05) is 12.4 Å². The number of benzene rings is 2. The monoisotopic (exact) mass is 517 g/mol. The van der Waals surface area contributed by atoms with E-state index in [9.17, 15) is 19.2 Å². The number of aromatic nitrogens is 2. The van der Waals surface area contributed by atoms with E-state index in [0.717, 1.165) is 14.0 Å². The average Bonchev–Trinajstić information content (AvgIpc) is 3.19. The van der Waals surface area contributed by atoms with Crippen LogP contribution in [0.3, 0.4) is 0 Å². The van der Waals surface area contributed by atoms with Crippen molar-refractivity contribution in [1.82, 2.24) is 20.2 Å². The fourth-order valence-corrected chi connectivity index (χ4v) is 3.73. The highest BCUT2D eigenvalue weighted by Crippen LogP contribution is 2.27. The molecular weight excluding hydrogens is 497 g/mol. The molecule has 0 bridgehead atoms. The molecule has 0 saturated heterocycles. The van der Waals surface area contributed by atoms with Crippen molar-refractivity contribution in [2.45, 2.75) is 20.8 Å². The molecule has 2 aromatic carbocycles. The van der Waals surface area contributed by atoms with Gasteiger partial charge in [-0.3, -0.25) is 19.8 Å². The number of amides is 4. The van der Waals surface area contributed by atoms with Crippen LogP contribution in [0.2, 0.25) is 10.0 Å². The highest BCUT2D eigenvalue weighted by atomic mass is 35.5. The van der Waals surface area contributed by atoms with Crippen molar-refractivity contribution in [3.63, 3.8) is 0 Å². The summed E-state index contributed by atoms with van der Waals surface area (Å²) in [6.07, 6.45) is -1.09. The SMILES string of the molecule is COC(=O)N(NC(=O)c1cc(Cl)cc(C)c1NC(=O)c1cc(C)nn1-c1ccccc1Cl)C(C)=O. The van der Waals surface area contributed by atoms with E-state index in [1.165, 1.54) is 10.7 Å². The number of hydrogen-bond acceptors (Lipinski definition) is 6. The van der Waals surface area contributed by atoms with Gasteiger partial charge in [-0.2, -0.15) is 10.1 Å². The van der Waals surface area contributed by atoms with E-state index in [4.69, 9.17) is 23.2 Å². The highest BCUT2D eigenvalue weighted by molar-refractivity contribution is 6.32. The minimum atomic E-state index is -1.09. The molecule has 4 amide bonds. The molecule has 1 heterocycles. The first-order valence-corrected chi connectivity index (χ1v) is 10.9. The number of halogens is 2. The molecule has 0 radical (unpaired) electrons. The smallest absolute Gasteiger partial charge is 0.435 e. The zero-order chi connectivity index (χ0) is 25.9. The number of hydrogen-bond donors (Lipinski definition) is 2. The zero-order valence-corrected chi connectivity index (χ0v) is 20.7. The van der Waals surface area contributed by atoms with E-state index in [-0.39, 0.29) is 22.0 Å². The van der Waals surface area contributed by atoms with Crippen molar-refractivity contribution in [1.29, 1.82) is 0 Å². The molecule has 2 N–H and O–H groups in total. The van der Waals surface area contributed by atoms with Crippen molar-refractivity contribution in [3.8, 4) is 5.69 Å². The quantitative estimate of drug-likeness (QED) is 0.497. The van der Waals surface area contributed by atoms with E-state index in [2.05, 4.69) is 20.6 Å². The molecule has 10 nitrogen and oxygen atoms in total. The van der Waals surface area contributed by atoms with Crippen LogP contribution in [0.25, 0.3) is 5.69 Å². The van der Waals surface area contributed by atoms with E-state index in [1.807, 2.05) is 0 Å². The number of hydrazine groups is 1. The first-order chi connectivity index (χ1) is 16.5. The Hall–Kier alpha value is -3.89. The van der Waals surface area contributed by atoms with Crippen molar-refractivity contribution >= 4 is 52.7 Å². The molecule has 0 fully saturated rings. The summed E-state index contributed by atoms with van der Waals surface area (Å²) in [4.78, 5) is 50.0. The summed E-state index contributed by atoms with van der Waals surface area (Å²) in [5.41, 5.74) is 3.89. The first-order valence-electron chi connectivity index (χ1n) is 10.2. The molecule has 0 aliphatic rings. The lowest BCUT2D eigenvalue weighted by atomic mass is 10.1. The van der Waals surface area contributed by atoms with Crippen LogP contribution in [0.15, 0.2) is 42.5 Å². The third-order valence-corrected chi connectivity index (χ3v) is 5.35. The van der Waals surface area contributed by atoms with Gasteiger partial charge >= 0.3 is 6.09 Å². The summed E-state index contributed by atoms with van der Waals surface area (Å²) >= 11 is 12.4. The number of carbonyl (C=O) groups excluding carboxylic acids is 4. The predicted molar refractivity (Wildman–Crippen MR) is 130 cm³/mol. The van der Waals surface area contributed by atoms with Gasteiger partial charge in [0.1, 0.15) is 5.69 Å². The van der Waals surface area contributed by atoms with Crippen LogP contribution >= 0.6 is 23.2 Å². The second kappa shape index (κ2) is 10.6. The van der Waals surface area contributed by atoms with E-state index in [0.29, 0.717) is 27.0 Å². The number of aryl methyl sites for hydroxylation is 2. The van der Waals surface area contributed by atoms with Gasteiger partial charge in [0.25, 0.3) is 11.8 Å². The third kappa shape index (κ3) is 5.61. The Bertz CT molecular complexity index is 1340. The largest absolute Gasteiger partial charge is 0.451 e. The first kappa shape index (κ1) is 25.7. The van der Waals surface area contributed by atoms with Crippen LogP contribution in [-0.4, -0.2) is 45.7 Å². The van der Waals surface area contributed by atoms with Crippen LogP contribution in [0.5, 0.6) is 0 Å². The second-order valence-electron chi connectivity index (χ2n) is 7.40. The summed E-state index contributed by atoms with van der Waals surface area (Å²) in [7, 11) is 1.06. The van der Waals surface area contributed by atoms with Crippen molar-refractivity contribution in [2.24, 2.45) is 0 Å². The molecular formula is C23H21Cl2N5O5. The molecule has 3 rings (SSSR count). The molecule has 0 aliphatic carbocycles. The Morgan fingerprint density at radius 1 is 1.03 bits per heavy atom. The molecule has 0 unspecified atom stereocenters. The van der Waals surface area contributed by atoms with Gasteiger partial charge in [0.15, 0.2) is 0 Å². The van der Waals surface area contributed by atoms with Crippen LogP contribution < -0.4 is 10.7 Å². The molecule has 0 atom stereocenters.